The Morgan fingerprint density at radius 3 is 2.73 bits per heavy atom. The van der Waals surface area contributed by atoms with Crippen molar-refractivity contribution in [1.29, 1.82) is 0 Å². The minimum atomic E-state index is -0.320. The summed E-state index contributed by atoms with van der Waals surface area (Å²) in [5.41, 5.74) is 2.82. The molecule has 5 rings (SSSR count). The van der Waals surface area contributed by atoms with Gasteiger partial charge >= 0.3 is 0 Å². The third-order valence-corrected chi connectivity index (χ3v) is 5.31. The number of rotatable bonds is 1. The van der Waals surface area contributed by atoms with E-state index in [0.717, 1.165) is 15.7 Å². The van der Waals surface area contributed by atoms with Crippen molar-refractivity contribution in [1.82, 2.24) is 14.5 Å². The van der Waals surface area contributed by atoms with Gasteiger partial charge in [0.05, 0.1) is 21.3 Å². The maximum absolute atomic E-state index is 12.6. The number of thiazole rings is 1. The highest BCUT2D eigenvalue weighted by Crippen LogP contribution is 2.36. The number of carbonyl (C=O) groups excluding carboxylic acids is 1. The van der Waals surface area contributed by atoms with E-state index in [0.29, 0.717) is 27.4 Å². The molecule has 2 aromatic heterocycles. The van der Waals surface area contributed by atoms with E-state index in [1.54, 1.807) is 30.6 Å². The zero-order valence-electron chi connectivity index (χ0n) is 13.7. The molecule has 0 bridgehead atoms. The van der Waals surface area contributed by atoms with Gasteiger partial charge in [-0.1, -0.05) is 11.3 Å². The Labute approximate surface area is 151 Å². The van der Waals surface area contributed by atoms with Gasteiger partial charge < -0.3 is 14.0 Å². The second kappa shape index (κ2) is 5.63. The Bertz CT molecular complexity index is 1260. The van der Waals surface area contributed by atoms with E-state index >= 15 is 0 Å². The summed E-state index contributed by atoms with van der Waals surface area (Å²) in [6.07, 6.45) is 3.22. The van der Waals surface area contributed by atoms with E-state index in [2.05, 4.69) is 15.0 Å². The number of aromatic nitrogens is 3. The van der Waals surface area contributed by atoms with Crippen LogP contribution in [0.25, 0.3) is 21.3 Å². The second-order valence-corrected chi connectivity index (χ2v) is 6.80. The topological polar surface area (TPSA) is 78.6 Å². The normalized spacial score (nSPS) is 13.7. The molecule has 0 saturated heterocycles. The first kappa shape index (κ1) is 15.0. The van der Waals surface area contributed by atoms with Crippen molar-refractivity contribution in [2.75, 3.05) is 6.79 Å². The molecule has 0 unspecified atom stereocenters. The van der Waals surface area contributed by atoms with E-state index in [-0.39, 0.29) is 12.7 Å². The summed E-state index contributed by atoms with van der Waals surface area (Å²) in [6.45, 7) is 0.233. The molecule has 1 aliphatic heterocycles. The Balaban J connectivity index is 1.60. The summed E-state index contributed by atoms with van der Waals surface area (Å²) in [5, 5.41) is 0. The lowest BCUT2D eigenvalue weighted by Crippen LogP contribution is -2.13. The highest BCUT2D eigenvalue weighted by Gasteiger charge is 2.17. The minimum absolute atomic E-state index is 0.233. The van der Waals surface area contributed by atoms with E-state index in [1.165, 1.54) is 11.3 Å². The third kappa shape index (κ3) is 2.34. The standard InChI is InChI=1S/C18H12N4O3S/c1-22-13-7-14-15(25-9-24-14)8-16(13)26-18(22)21-17(23)10-2-3-11-12(6-10)20-5-4-19-11/h2-8H,9H2,1H3. The van der Waals surface area contributed by atoms with Gasteiger partial charge in [0.15, 0.2) is 16.3 Å². The average molecular weight is 364 g/mol. The van der Waals surface area contributed by atoms with Crippen LogP contribution in [0.15, 0.2) is 47.7 Å². The SMILES string of the molecule is Cn1c(=NC(=O)c2ccc3nccnc3c2)sc2cc3c(cc21)OCO3. The molecule has 0 aliphatic carbocycles. The van der Waals surface area contributed by atoms with Gasteiger partial charge in [0, 0.05) is 37.1 Å². The minimum Gasteiger partial charge on any atom is -0.454 e. The molecule has 2 aromatic carbocycles. The number of ether oxygens (including phenoxy) is 2. The first-order valence-corrected chi connectivity index (χ1v) is 8.70. The average Bonchev–Trinajstić information content (AvgIpc) is 3.24. The number of fused-ring (bicyclic) bond motifs is 3. The van der Waals surface area contributed by atoms with Crippen LogP contribution in [0, 0.1) is 0 Å². The molecule has 1 aliphatic rings. The van der Waals surface area contributed by atoms with Gasteiger partial charge in [0.25, 0.3) is 5.91 Å². The van der Waals surface area contributed by atoms with Crippen LogP contribution in [0.1, 0.15) is 10.4 Å². The lowest BCUT2D eigenvalue weighted by atomic mass is 10.2. The van der Waals surface area contributed by atoms with Crippen molar-refractivity contribution in [2.24, 2.45) is 12.0 Å². The third-order valence-electron chi connectivity index (χ3n) is 4.22. The number of hydrogen-bond donors (Lipinski definition) is 0. The molecular formula is C18H12N4O3S. The summed E-state index contributed by atoms with van der Waals surface area (Å²) in [6, 6.07) is 9.01. The fourth-order valence-corrected chi connectivity index (χ4v) is 3.90. The van der Waals surface area contributed by atoms with Gasteiger partial charge in [-0.25, -0.2) is 0 Å². The predicted molar refractivity (Wildman–Crippen MR) is 96.4 cm³/mol. The molecule has 8 heteroatoms. The molecule has 0 radical (unpaired) electrons. The monoisotopic (exact) mass is 364 g/mol. The van der Waals surface area contributed by atoms with Crippen LogP contribution in [-0.2, 0) is 7.05 Å². The van der Waals surface area contributed by atoms with Gasteiger partial charge in [-0.3, -0.25) is 14.8 Å². The summed E-state index contributed by atoms with van der Waals surface area (Å²) < 4.78 is 13.7. The van der Waals surface area contributed by atoms with E-state index in [1.807, 2.05) is 23.7 Å². The molecule has 7 nitrogen and oxygen atoms in total. The number of benzene rings is 2. The summed E-state index contributed by atoms with van der Waals surface area (Å²) in [7, 11) is 1.87. The summed E-state index contributed by atoms with van der Waals surface area (Å²) >= 11 is 1.43. The fourth-order valence-electron chi connectivity index (χ4n) is 2.87. The van der Waals surface area contributed by atoms with E-state index < -0.39 is 0 Å². The van der Waals surface area contributed by atoms with Crippen molar-refractivity contribution >= 4 is 38.5 Å². The van der Waals surface area contributed by atoms with E-state index in [4.69, 9.17) is 9.47 Å². The maximum atomic E-state index is 12.6. The largest absolute Gasteiger partial charge is 0.454 e. The van der Waals surface area contributed by atoms with Crippen LogP contribution in [0.4, 0.5) is 0 Å². The van der Waals surface area contributed by atoms with Crippen LogP contribution in [0.3, 0.4) is 0 Å². The van der Waals surface area contributed by atoms with Crippen molar-refractivity contribution in [3.63, 3.8) is 0 Å². The zero-order chi connectivity index (χ0) is 17.7. The zero-order valence-corrected chi connectivity index (χ0v) is 14.5. The predicted octanol–water partition coefficient (Wildman–Crippen LogP) is 2.65. The van der Waals surface area contributed by atoms with Crippen LogP contribution in [0.5, 0.6) is 11.5 Å². The molecule has 0 saturated carbocycles. The molecular weight excluding hydrogens is 352 g/mol. The van der Waals surface area contributed by atoms with Crippen molar-refractivity contribution < 1.29 is 14.3 Å². The smallest absolute Gasteiger partial charge is 0.279 e. The van der Waals surface area contributed by atoms with Crippen LogP contribution >= 0.6 is 11.3 Å². The number of hydrogen-bond acceptors (Lipinski definition) is 6. The lowest BCUT2D eigenvalue weighted by Gasteiger charge is -1.99. The Morgan fingerprint density at radius 1 is 1.12 bits per heavy atom. The molecule has 0 spiro atoms. The molecule has 1 amide bonds. The summed E-state index contributed by atoms with van der Waals surface area (Å²) in [5.74, 6) is 1.10. The number of nitrogens with zero attached hydrogens (tertiary/aromatic N) is 4. The van der Waals surface area contributed by atoms with Crippen LogP contribution < -0.4 is 14.3 Å². The number of amides is 1. The lowest BCUT2D eigenvalue weighted by molar-refractivity contribution is 0.0998. The summed E-state index contributed by atoms with van der Waals surface area (Å²) in [4.78, 5) is 26.0. The Morgan fingerprint density at radius 2 is 1.88 bits per heavy atom. The molecule has 4 aromatic rings. The second-order valence-electron chi connectivity index (χ2n) is 5.79. The van der Waals surface area contributed by atoms with Gasteiger partial charge in [0.2, 0.25) is 6.79 Å². The Kier molecular flexibility index (Phi) is 3.26. The number of carbonyl (C=O) groups is 1. The van der Waals surface area contributed by atoms with E-state index in [9.17, 15) is 4.79 Å². The van der Waals surface area contributed by atoms with Gasteiger partial charge in [0.1, 0.15) is 0 Å². The number of aryl methyl sites for hydroxylation is 1. The van der Waals surface area contributed by atoms with Crippen molar-refractivity contribution in [3.8, 4) is 11.5 Å². The first-order chi connectivity index (χ1) is 12.7. The molecule has 0 N–H and O–H groups in total. The molecule has 0 atom stereocenters. The van der Waals surface area contributed by atoms with Gasteiger partial charge in [-0.05, 0) is 18.2 Å². The van der Waals surface area contributed by atoms with Gasteiger partial charge in [-0.2, -0.15) is 4.99 Å². The fraction of sp³-hybridized carbons (Fsp3) is 0.111. The molecule has 26 heavy (non-hydrogen) atoms. The maximum Gasteiger partial charge on any atom is 0.279 e. The molecule has 3 heterocycles. The van der Waals surface area contributed by atoms with Crippen LogP contribution in [-0.4, -0.2) is 27.2 Å². The highest BCUT2D eigenvalue weighted by atomic mass is 32.1. The molecule has 0 fully saturated rings. The van der Waals surface area contributed by atoms with Gasteiger partial charge in [-0.15, -0.1) is 0 Å². The quantitative estimate of drug-likeness (QED) is 0.519. The van der Waals surface area contributed by atoms with Crippen LogP contribution in [0.2, 0.25) is 0 Å². The van der Waals surface area contributed by atoms with Crippen molar-refractivity contribution in [2.45, 2.75) is 0 Å². The Hall–Kier alpha value is -3.26. The molecule has 128 valence electrons. The highest BCUT2D eigenvalue weighted by molar-refractivity contribution is 7.16. The first-order valence-electron chi connectivity index (χ1n) is 7.88. The van der Waals surface area contributed by atoms with Crippen molar-refractivity contribution in [3.05, 3.63) is 53.1 Å².